The number of benzene rings is 5. The van der Waals surface area contributed by atoms with E-state index in [1.54, 1.807) is 18.4 Å². The molecule has 4 aromatic heterocycles. The van der Waals surface area contributed by atoms with Crippen LogP contribution in [0.2, 0.25) is 0 Å². The van der Waals surface area contributed by atoms with Crippen LogP contribution in [0.4, 0.5) is 0 Å². The van der Waals surface area contributed by atoms with Crippen LogP contribution in [0.5, 0.6) is 0 Å². The van der Waals surface area contributed by atoms with Crippen molar-refractivity contribution in [1.82, 2.24) is 14.5 Å². The fraction of sp³-hybridized carbons (Fsp3) is 0.0833. The second-order valence-electron chi connectivity index (χ2n) is 14.4. The number of halogens is 1. The Hall–Kier alpha value is -6.02. The van der Waals surface area contributed by atoms with Gasteiger partial charge in [-0.2, -0.15) is 0 Å². The summed E-state index contributed by atoms with van der Waals surface area (Å²) >= 11 is 5.75. The van der Waals surface area contributed by atoms with Crippen molar-refractivity contribution in [2.24, 2.45) is 5.92 Å². The number of fused-ring (bicyclic) bond motifs is 8. The number of furan rings is 1. The van der Waals surface area contributed by atoms with Gasteiger partial charge < -0.3 is 9.15 Å². The average Bonchev–Trinajstić information content (AvgIpc) is 3.90. The van der Waals surface area contributed by atoms with Crippen LogP contribution in [0.15, 0.2) is 172 Å². The molecule has 2 atom stereocenters. The summed E-state index contributed by atoms with van der Waals surface area (Å²) in [6, 6.07) is 40.7. The number of hydrogen-bond acceptors (Lipinski definition) is 5. The number of rotatable bonds is 5. The maximum atomic E-state index is 6.69. The van der Waals surface area contributed by atoms with Crippen LogP contribution >= 0.6 is 27.3 Å². The Morgan fingerprint density at radius 1 is 0.745 bits per heavy atom. The van der Waals surface area contributed by atoms with Gasteiger partial charge in [0.25, 0.3) is 0 Å². The van der Waals surface area contributed by atoms with Gasteiger partial charge in [0.05, 0.1) is 43.9 Å². The number of hydrogen-bond donors (Lipinski definition) is 0. The van der Waals surface area contributed by atoms with Gasteiger partial charge in [-0.05, 0) is 76.5 Å². The van der Waals surface area contributed by atoms with Crippen LogP contribution in [-0.2, 0) is 10.2 Å². The van der Waals surface area contributed by atoms with E-state index >= 15 is 0 Å². The van der Waals surface area contributed by atoms with Gasteiger partial charge >= 0.3 is 0 Å². The molecule has 5 aromatic carbocycles. The molecule has 2 unspecified atom stereocenters. The van der Waals surface area contributed by atoms with Crippen molar-refractivity contribution >= 4 is 80.3 Å². The molecule has 0 N–H and O–H groups in total. The molecule has 0 amide bonds. The Balaban J connectivity index is 1.06. The second-order valence-corrected chi connectivity index (χ2v) is 16.3. The van der Waals surface area contributed by atoms with Crippen LogP contribution in [-0.4, -0.2) is 21.6 Å². The maximum absolute atomic E-state index is 6.69. The topological polar surface area (TPSA) is 53.1 Å². The highest BCUT2D eigenvalue weighted by Crippen LogP contribution is 2.50. The maximum Gasteiger partial charge on any atom is 0.235 e. The number of aromatic nitrogens is 3. The molecule has 0 aliphatic heterocycles. The van der Waals surface area contributed by atoms with Crippen molar-refractivity contribution in [1.29, 1.82) is 0 Å². The molecular weight excluding hydrogens is 763 g/mol. The Kier molecular flexibility index (Phi) is 7.22. The Bertz CT molecular complexity index is 3180. The number of nitrogens with zero attached hydrogens (tertiary/aromatic N) is 3. The number of allylic oxidation sites excluding steroid dienone is 7. The molecule has 0 bridgehead atoms. The average molecular weight is 795 g/mol. The van der Waals surface area contributed by atoms with E-state index in [-0.39, 0.29) is 5.92 Å². The van der Waals surface area contributed by atoms with E-state index in [9.17, 15) is 0 Å². The summed E-state index contributed by atoms with van der Waals surface area (Å²) in [5.74, 6) is 2.53. The summed E-state index contributed by atoms with van der Waals surface area (Å²) in [4.78, 5) is 10.7. The fourth-order valence-corrected chi connectivity index (χ4v) is 10.6. The SMILES string of the molecule is COC1=C2C=CC=CC2C(C)(c2oc3ccc(-c4ccc5c(c4)c4ccccc4n5-c4nc(-c5ccccc5)c5sc6ccccc6c5n4)cc3c2Br)C=C1. The second kappa shape index (κ2) is 12.2. The molecule has 0 saturated carbocycles. The third-order valence-electron chi connectivity index (χ3n) is 11.3. The van der Waals surface area contributed by atoms with Gasteiger partial charge in [-0.3, -0.25) is 4.57 Å². The highest BCUT2D eigenvalue weighted by atomic mass is 79.9. The predicted molar refractivity (Wildman–Crippen MR) is 230 cm³/mol. The predicted octanol–water partition coefficient (Wildman–Crippen LogP) is 13.3. The fourth-order valence-electron chi connectivity index (χ4n) is 8.58. The van der Waals surface area contributed by atoms with Crippen LogP contribution < -0.4 is 0 Å². The van der Waals surface area contributed by atoms with Gasteiger partial charge in [0.1, 0.15) is 17.1 Å². The summed E-state index contributed by atoms with van der Waals surface area (Å²) in [6.45, 7) is 2.24. The molecular formula is C48H32BrN3O2S. The van der Waals surface area contributed by atoms with Gasteiger partial charge in [0.2, 0.25) is 5.95 Å². The molecule has 0 spiro atoms. The standard InChI is InChI=1S/C48H32BrN3O2S/c1-48(25-24-39(53-2)32-15-6-9-17-36(32)48)46-42(49)35-27-30(21-23-40(35)54-46)29-20-22-38-34(26-29)31-14-7-10-18-37(31)52(38)47-50-43(28-12-4-3-5-13-28)45-44(51-47)33-16-8-11-19-41(33)55-45/h3-27,36H,1-2H3. The molecule has 55 heavy (non-hydrogen) atoms. The lowest BCUT2D eigenvalue weighted by molar-refractivity contribution is 0.283. The first-order valence-corrected chi connectivity index (χ1v) is 19.9. The number of para-hydroxylation sites is 1. The smallest absolute Gasteiger partial charge is 0.235 e. The van der Waals surface area contributed by atoms with Crippen LogP contribution in [0.25, 0.3) is 81.4 Å². The lowest BCUT2D eigenvalue weighted by atomic mass is 9.67. The minimum Gasteiger partial charge on any atom is -0.496 e. The van der Waals surface area contributed by atoms with Crippen molar-refractivity contribution in [3.05, 3.63) is 173 Å². The van der Waals surface area contributed by atoms with Gasteiger partial charge in [0.15, 0.2) is 0 Å². The lowest BCUT2D eigenvalue weighted by Crippen LogP contribution is -2.33. The first-order valence-electron chi connectivity index (χ1n) is 18.3. The Morgan fingerprint density at radius 2 is 1.49 bits per heavy atom. The van der Waals surface area contributed by atoms with E-state index < -0.39 is 5.41 Å². The Labute approximate surface area is 329 Å². The minimum atomic E-state index is -0.405. The molecule has 0 fully saturated rings. The van der Waals surface area contributed by atoms with Crippen molar-refractivity contribution in [2.45, 2.75) is 12.3 Å². The van der Waals surface area contributed by atoms with E-state index in [1.807, 2.05) is 6.07 Å². The molecule has 264 valence electrons. The largest absolute Gasteiger partial charge is 0.496 e. The molecule has 2 aliphatic carbocycles. The number of ether oxygens (including phenoxy) is 1. The zero-order valence-corrected chi connectivity index (χ0v) is 32.4. The molecule has 5 nitrogen and oxygen atoms in total. The van der Waals surface area contributed by atoms with Crippen LogP contribution in [0.3, 0.4) is 0 Å². The molecule has 2 aliphatic rings. The van der Waals surface area contributed by atoms with Crippen LogP contribution in [0.1, 0.15) is 12.7 Å². The van der Waals surface area contributed by atoms with Crippen molar-refractivity contribution in [3.8, 4) is 28.3 Å². The summed E-state index contributed by atoms with van der Waals surface area (Å²) in [6.07, 6.45) is 12.8. The first kappa shape index (κ1) is 32.4. The van der Waals surface area contributed by atoms with Gasteiger partial charge in [-0.1, -0.05) is 109 Å². The van der Waals surface area contributed by atoms with E-state index in [0.717, 1.165) is 92.3 Å². The Morgan fingerprint density at radius 3 is 2.35 bits per heavy atom. The van der Waals surface area contributed by atoms with Gasteiger partial charge in [-0.25, -0.2) is 9.97 Å². The van der Waals surface area contributed by atoms with E-state index in [2.05, 4.69) is 173 Å². The molecule has 0 radical (unpaired) electrons. The third kappa shape index (κ3) is 4.83. The van der Waals surface area contributed by atoms with E-state index in [1.165, 1.54) is 4.70 Å². The number of methoxy groups -OCH3 is 1. The highest BCUT2D eigenvalue weighted by molar-refractivity contribution is 9.10. The third-order valence-corrected chi connectivity index (χ3v) is 13.3. The monoisotopic (exact) mass is 793 g/mol. The zero-order chi connectivity index (χ0) is 36.8. The summed E-state index contributed by atoms with van der Waals surface area (Å²) < 4.78 is 17.9. The summed E-state index contributed by atoms with van der Waals surface area (Å²) in [7, 11) is 1.73. The minimum absolute atomic E-state index is 0.0837. The summed E-state index contributed by atoms with van der Waals surface area (Å²) in [5.41, 5.74) is 8.95. The van der Waals surface area contributed by atoms with Crippen molar-refractivity contribution < 1.29 is 9.15 Å². The quantitative estimate of drug-likeness (QED) is 0.174. The number of thiophene rings is 1. The molecule has 4 heterocycles. The van der Waals surface area contributed by atoms with Crippen molar-refractivity contribution in [3.63, 3.8) is 0 Å². The zero-order valence-electron chi connectivity index (χ0n) is 30.0. The molecule has 11 rings (SSSR count). The lowest BCUT2D eigenvalue weighted by Gasteiger charge is -2.37. The molecule has 7 heteroatoms. The molecule has 9 aromatic rings. The van der Waals surface area contributed by atoms with Gasteiger partial charge in [0, 0.05) is 43.3 Å². The highest BCUT2D eigenvalue weighted by Gasteiger charge is 2.42. The van der Waals surface area contributed by atoms with Gasteiger partial charge in [-0.15, -0.1) is 11.3 Å². The van der Waals surface area contributed by atoms with E-state index in [0.29, 0.717) is 5.95 Å². The van der Waals surface area contributed by atoms with Crippen LogP contribution in [0, 0.1) is 5.92 Å². The first-order chi connectivity index (χ1) is 27.0. The molecule has 0 saturated heterocycles. The van der Waals surface area contributed by atoms with E-state index in [4.69, 9.17) is 19.1 Å². The van der Waals surface area contributed by atoms with Crippen molar-refractivity contribution in [2.75, 3.05) is 7.11 Å². The normalized spacial score (nSPS) is 18.1. The summed E-state index contributed by atoms with van der Waals surface area (Å²) in [5, 5.41) is 4.48.